The lowest BCUT2D eigenvalue weighted by molar-refractivity contribution is 0.0412. The van der Waals surface area contributed by atoms with Crippen molar-refractivity contribution >= 4 is 6.09 Å². The molecule has 1 fully saturated rings. The number of hydrogen-bond donors (Lipinski definition) is 0. The van der Waals surface area contributed by atoms with E-state index in [1.54, 1.807) is 12.1 Å². The van der Waals surface area contributed by atoms with Gasteiger partial charge in [0.25, 0.3) is 0 Å². The molecule has 4 nitrogen and oxygen atoms in total. The third-order valence-electron chi connectivity index (χ3n) is 2.30. The van der Waals surface area contributed by atoms with E-state index in [-0.39, 0.29) is 5.75 Å². The maximum atomic E-state index is 13.2. The molecular weight excluding hydrogens is 213 g/mol. The first-order valence-electron chi connectivity index (χ1n) is 5.06. The maximum absolute atomic E-state index is 13.2. The Hall–Kier alpha value is -1.62. The van der Waals surface area contributed by atoms with Crippen molar-refractivity contribution in [2.24, 2.45) is 0 Å². The Morgan fingerprint density at radius 3 is 2.69 bits per heavy atom. The number of carbonyl (C=O) groups is 1. The minimum atomic E-state index is -0.538. The first-order valence-corrected chi connectivity index (χ1v) is 5.06. The van der Waals surface area contributed by atoms with Crippen molar-refractivity contribution in [2.75, 3.05) is 26.3 Å². The fourth-order valence-corrected chi connectivity index (χ4v) is 1.43. The number of rotatable bonds is 1. The number of amides is 1. The van der Waals surface area contributed by atoms with Gasteiger partial charge in [-0.1, -0.05) is 12.1 Å². The van der Waals surface area contributed by atoms with Crippen LogP contribution < -0.4 is 4.74 Å². The van der Waals surface area contributed by atoms with Crippen molar-refractivity contribution < 1.29 is 18.7 Å². The van der Waals surface area contributed by atoms with Crippen LogP contribution in [0.15, 0.2) is 24.3 Å². The summed E-state index contributed by atoms with van der Waals surface area (Å²) >= 11 is 0. The van der Waals surface area contributed by atoms with E-state index in [0.717, 1.165) is 0 Å². The number of nitrogens with zero attached hydrogens (tertiary/aromatic N) is 1. The summed E-state index contributed by atoms with van der Waals surface area (Å²) in [6.45, 7) is 1.94. The summed E-state index contributed by atoms with van der Waals surface area (Å²) in [5, 5.41) is 0. The number of benzene rings is 1. The molecule has 0 N–H and O–H groups in total. The molecular formula is C11H12FNO3. The molecule has 1 aliphatic rings. The zero-order valence-electron chi connectivity index (χ0n) is 8.69. The summed E-state index contributed by atoms with van der Waals surface area (Å²) in [7, 11) is 0. The van der Waals surface area contributed by atoms with Crippen LogP contribution in [-0.4, -0.2) is 37.3 Å². The molecule has 1 amide bonds. The molecule has 0 unspecified atom stereocenters. The second kappa shape index (κ2) is 4.94. The third kappa shape index (κ3) is 2.49. The van der Waals surface area contributed by atoms with E-state index >= 15 is 0 Å². The lowest BCUT2D eigenvalue weighted by Crippen LogP contribution is -2.42. The monoisotopic (exact) mass is 225 g/mol. The Labute approximate surface area is 92.6 Å². The summed E-state index contributed by atoms with van der Waals surface area (Å²) in [5.41, 5.74) is 0. The van der Waals surface area contributed by atoms with Crippen molar-refractivity contribution in [3.63, 3.8) is 0 Å². The summed E-state index contributed by atoms with van der Waals surface area (Å²) in [6.07, 6.45) is -0.534. The third-order valence-corrected chi connectivity index (χ3v) is 2.30. The zero-order valence-corrected chi connectivity index (χ0v) is 8.69. The molecule has 0 radical (unpaired) electrons. The number of morpholine rings is 1. The van der Waals surface area contributed by atoms with Gasteiger partial charge in [-0.2, -0.15) is 0 Å². The second-order valence-electron chi connectivity index (χ2n) is 3.40. The van der Waals surface area contributed by atoms with Crippen LogP contribution in [0.2, 0.25) is 0 Å². The lowest BCUT2D eigenvalue weighted by atomic mass is 10.3. The Balaban J connectivity index is 1.99. The van der Waals surface area contributed by atoms with Crippen LogP contribution in [0.1, 0.15) is 0 Å². The number of carbonyl (C=O) groups excluding carboxylic acids is 1. The van der Waals surface area contributed by atoms with Gasteiger partial charge < -0.3 is 14.4 Å². The van der Waals surface area contributed by atoms with E-state index in [9.17, 15) is 9.18 Å². The Morgan fingerprint density at radius 1 is 1.31 bits per heavy atom. The van der Waals surface area contributed by atoms with E-state index in [1.807, 2.05) is 0 Å². The summed E-state index contributed by atoms with van der Waals surface area (Å²) in [6, 6.07) is 5.84. The first-order chi connectivity index (χ1) is 7.77. The highest BCUT2D eigenvalue weighted by molar-refractivity contribution is 5.70. The van der Waals surface area contributed by atoms with Crippen LogP contribution >= 0.6 is 0 Å². The molecule has 86 valence electrons. The van der Waals surface area contributed by atoms with Crippen molar-refractivity contribution in [1.82, 2.24) is 4.90 Å². The van der Waals surface area contributed by atoms with Gasteiger partial charge in [-0.15, -0.1) is 0 Å². The average molecular weight is 225 g/mol. The van der Waals surface area contributed by atoms with Crippen LogP contribution in [0, 0.1) is 5.82 Å². The van der Waals surface area contributed by atoms with Gasteiger partial charge in [0.15, 0.2) is 11.6 Å². The van der Waals surface area contributed by atoms with E-state index in [4.69, 9.17) is 9.47 Å². The molecule has 1 aromatic rings. The Morgan fingerprint density at radius 2 is 2.00 bits per heavy atom. The summed E-state index contributed by atoms with van der Waals surface area (Å²) in [5.74, 6) is -0.580. The molecule has 16 heavy (non-hydrogen) atoms. The molecule has 1 aromatic carbocycles. The van der Waals surface area contributed by atoms with Gasteiger partial charge in [-0.25, -0.2) is 9.18 Å². The molecule has 5 heteroatoms. The molecule has 2 rings (SSSR count). The van der Waals surface area contributed by atoms with Crippen molar-refractivity contribution in [3.8, 4) is 5.75 Å². The molecule has 0 aromatic heterocycles. The standard InChI is InChI=1S/C11H12FNO3/c12-9-3-1-2-4-10(9)16-11(14)13-5-7-15-8-6-13/h1-4H,5-8H2. The molecule has 1 saturated heterocycles. The molecule has 0 aliphatic carbocycles. The first kappa shape index (κ1) is 10.9. The molecule has 0 atom stereocenters. The fourth-order valence-electron chi connectivity index (χ4n) is 1.43. The van der Waals surface area contributed by atoms with Gasteiger partial charge >= 0.3 is 6.09 Å². The van der Waals surface area contributed by atoms with Gasteiger partial charge in [0, 0.05) is 13.1 Å². The van der Waals surface area contributed by atoms with Crippen LogP contribution in [0.25, 0.3) is 0 Å². The largest absolute Gasteiger partial charge is 0.415 e. The number of ether oxygens (including phenoxy) is 2. The molecule has 1 aliphatic heterocycles. The van der Waals surface area contributed by atoms with Crippen LogP contribution in [0.4, 0.5) is 9.18 Å². The van der Waals surface area contributed by atoms with Crippen LogP contribution in [0.3, 0.4) is 0 Å². The second-order valence-corrected chi connectivity index (χ2v) is 3.40. The summed E-state index contributed by atoms with van der Waals surface area (Å²) in [4.78, 5) is 13.1. The topological polar surface area (TPSA) is 38.8 Å². The minimum Gasteiger partial charge on any atom is -0.407 e. The molecule has 0 spiro atoms. The highest BCUT2D eigenvalue weighted by atomic mass is 19.1. The van der Waals surface area contributed by atoms with Crippen molar-refractivity contribution in [2.45, 2.75) is 0 Å². The van der Waals surface area contributed by atoms with Crippen molar-refractivity contribution in [1.29, 1.82) is 0 Å². The fraction of sp³-hybridized carbons (Fsp3) is 0.364. The van der Waals surface area contributed by atoms with Crippen molar-refractivity contribution in [3.05, 3.63) is 30.1 Å². The van der Waals surface area contributed by atoms with Gasteiger partial charge in [0.05, 0.1) is 13.2 Å². The smallest absolute Gasteiger partial charge is 0.407 e. The van der Waals surface area contributed by atoms with E-state index < -0.39 is 11.9 Å². The van der Waals surface area contributed by atoms with Crippen LogP contribution in [0.5, 0.6) is 5.75 Å². The van der Waals surface area contributed by atoms with Crippen LogP contribution in [-0.2, 0) is 4.74 Å². The molecule has 1 heterocycles. The quantitative estimate of drug-likeness (QED) is 0.729. The zero-order chi connectivity index (χ0) is 11.4. The lowest BCUT2D eigenvalue weighted by Gasteiger charge is -2.25. The van der Waals surface area contributed by atoms with E-state index in [0.29, 0.717) is 26.3 Å². The van der Waals surface area contributed by atoms with Gasteiger partial charge in [0.2, 0.25) is 0 Å². The highest BCUT2D eigenvalue weighted by Gasteiger charge is 2.19. The number of hydrogen-bond acceptors (Lipinski definition) is 3. The SMILES string of the molecule is O=C(Oc1ccccc1F)N1CCOCC1. The van der Waals surface area contributed by atoms with Gasteiger partial charge in [-0.05, 0) is 12.1 Å². The van der Waals surface area contributed by atoms with E-state index in [1.165, 1.54) is 17.0 Å². The number of para-hydroxylation sites is 1. The highest BCUT2D eigenvalue weighted by Crippen LogP contribution is 2.16. The predicted molar refractivity (Wildman–Crippen MR) is 54.8 cm³/mol. The summed E-state index contributed by atoms with van der Waals surface area (Å²) < 4.78 is 23.2. The minimum absolute atomic E-state index is 0.0426. The van der Waals surface area contributed by atoms with E-state index in [2.05, 4.69) is 0 Å². The maximum Gasteiger partial charge on any atom is 0.415 e. The molecule has 0 bridgehead atoms. The predicted octanol–water partition coefficient (Wildman–Crippen LogP) is 1.66. The van der Waals surface area contributed by atoms with Gasteiger partial charge in [0.1, 0.15) is 0 Å². The number of halogens is 1. The Kier molecular flexibility index (Phi) is 3.36. The van der Waals surface area contributed by atoms with Gasteiger partial charge in [-0.3, -0.25) is 0 Å². The normalized spacial score (nSPS) is 15.9. The molecule has 0 saturated carbocycles. The average Bonchev–Trinajstić information content (AvgIpc) is 2.33. The Bertz CT molecular complexity index is 377.